The molecule has 0 amide bonds. The summed E-state index contributed by atoms with van der Waals surface area (Å²) in [6.45, 7) is 2.59. The lowest BCUT2D eigenvalue weighted by Gasteiger charge is -2.30. The number of hydrogen-bond acceptors (Lipinski definition) is 6. The predicted octanol–water partition coefficient (Wildman–Crippen LogP) is 3.74. The average molecular weight is 360 g/mol. The third kappa shape index (κ3) is 3.15. The van der Waals surface area contributed by atoms with Crippen LogP contribution in [0.4, 0.5) is 6.01 Å². The average Bonchev–Trinajstić information content (AvgIpc) is 2.91. The van der Waals surface area contributed by atoms with E-state index >= 15 is 0 Å². The van der Waals surface area contributed by atoms with E-state index in [4.69, 9.17) is 16.0 Å². The topological polar surface area (TPSA) is 91.4 Å². The summed E-state index contributed by atoms with van der Waals surface area (Å²) in [4.78, 5) is 8.87. The predicted molar refractivity (Wildman–Crippen MR) is 95.9 cm³/mol. The van der Waals surface area contributed by atoms with Crippen LogP contribution >= 0.6 is 11.6 Å². The fourth-order valence-corrected chi connectivity index (χ4v) is 3.46. The molecular formula is C18H18ClN3O3. The summed E-state index contributed by atoms with van der Waals surface area (Å²) in [5, 5.41) is 23.2. The Kier molecular flexibility index (Phi) is 4.01. The second kappa shape index (κ2) is 6.20. The van der Waals surface area contributed by atoms with Gasteiger partial charge >= 0.3 is 0 Å². The van der Waals surface area contributed by atoms with Crippen molar-refractivity contribution in [3.63, 3.8) is 0 Å². The molecule has 0 unspecified atom stereocenters. The molecule has 1 saturated carbocycles. The van der Waals surface area contributed by atoms with Crippen molar-refractivity contribution in [2.24, 2.45) is 5.92 Å². The largest absolute Gasteiger partial charge is 0.507 e. The van der Waals surface area contributed by atoms with Crippen LogP contribution in [0.5, 0.6) is 5.75 Å². The molecule has 1 fully saturated rings. The Labute approximate surface area is 149 Å². The lowest BCUT2D eigenvalue weighted by atomic mass is 9.82. The van der Waals surface area contributed by atoms with E-state index in [0.717, 1.165) is 18.4 Å². The number of nitrogens with one attached hydrogen (secondary N) is 1. The van der Waals surface area contributed by atoms with E-state index in [0.29, 0.717) is 46.0 Å². The normalized spacial score (nSPS) is 19.8. The number of aromatic hydroxyl groups is 1. The third-order valence-corrected chi connectivity index (χ3v) is 4.76. The van der Waals surface area contributed by atoms with Crippen molar-refractivity contribution in [3.8, 4) is 17.0 Å². The molecule has 1 aromatic carbocycles. The van der Waals surface area contributed by atoms with E-state index in [1.807, 2.05) is 6.92 Å². The highest BCUT2D eigenvalue weighted by Crippen LogP contribution is 2.35. The van der Waals surface area contributed by atoms with Gasteiger partial charge in [0, 0.05) is 17.1 Å². The second-order valence-corrected chi connectivity index (χ2v) is 6.96. The number of halogens is 1. The van der Waals surface area contributed by atoms with Gasteiger partial charge in [-0.15, -0.1) is 0 Å². The number of benzene rings is 1. The highest BCUT2D eigenvalue weighted by atomic mass is 35.5. The fraction of sp³-hybridized carbons (Fsp3) is 0.333. The number of fused-ring (bicyclic) bond motifs is 1. The van der Waals surface area contributed by atoms with Crippen LogP contribution in [0.15, 0.2) is 28.7 Å². The second-order valence-electron chi connectivity index (χ2n) is 6.53. The van der Waals surface area contributed by atoms with E-state index < -0.39 is 0 Å². The molecule has 0 atom stereocenters. The molecule has 0 bridgehead atoms. The number of hydrogen-bond donors (Lipinski definition) is 3. The molecule has 3 aromatic rings. The molecule has 0 spiro atoms. The number of phenols is 1. The number of aryl methyl sites for hydroxylation is 1. The SMILES string of the molecule is Cc1cc(Cl)cc(O)c1-c1ccc2oc(NCC3CC(O)C3)nc2n1. The smallest absolute Gasteiger partial charge is 0.297 e. The number of pyridine rings is 1. The quantitative estimate of drug-likeness (QED) is 0.657. The summed E-state index contributed by atoms with van der Waals surface area (Å²) in [5.74, 6) is 0.532. The standard InChI is InChI=1S/C18H18ClN3O3/c1-9-4-11(19)7-14(24)16(9)13-2-3-15-17(21-13)22-18(25-15)20-8-10-5-12(23)6-10/h2-4,7,10,12,23-24H,5-6,8H2,1H3,(H,20,21,22). The van der Waals surface area contributed by atoms with Gasteiger partial charge in [0.05, 0.1) is 11.8 Å². The molecule has 6 nitrogen and oxygen atoms in total. The van der Waals surface area contributed by atoms with Crippen molar-refractivity contribution in [2.45, 2.75) is 25.9 Å². The van der Waals surface area contributed by atoms with Gasteiger partial charge in [-0.3, -0.25) is 0 Å². The monoisotopic (exact) mass is 359 g/mol. The van der Waals surface area contributed by atoms with E-state index in [9.17, 15) is 10.2 Å². The van der Waals surface area contributed by atoms with Crippen LogP contribution in [-0.2, 0) is 0 Å². The lowest BCUT2D eigenvalue weighted by molar-refractivity contribution is 0.0485. The molecule has 1 aliphatic carbocycles. The van der Waals surface area contributed by atoms with Crippen LogP contribution in [0.1, 0.15) is 18.4 Å². The Morgan fingerprint density at radius 2 is 2.08 bits per heavy atom. The van der Waals surface area contributed by atoms with Crippen LogP contribution in [0.3, 0.4) is 0 Å². The fourth-order valence-electron chi connectivity index (χ4n) is 3.19. The van der Waals surface area contributed by atoms with Crippen LogP contribution in [0, 0.1) is 12.8 Å². The molecule has 130 valence electrons. The molecule has 0 radical (unpaired) electrons. The zero-order valence-corrected chi connectivity index (χ0v) is 14.4. The minimum atomic E-state index is -0.171. The van der Waals surface area contributed by atoms with Gasteiger partial charge in [-0.1, -0.05) is 11.6 Å². The number of oxazole rings is 1. The van der Waals surface area contributed by atoms with Gasteiger partial charge < -0.3 is 19.9 Å². The highest BCUT2D eigenvalue weighted by Gasteiger charge is 2.27. The van der Waals surface area contributed by atoms with E-state index in [1.165, 1.54) is 6.07 Å². The number of aliphatic hydroxyl groups is 1. The summed E-state index contributed by atoms with van der Waals surface area (Å²) in [6.07, 6.45) is 1.45. The van der Waals surface area contributed by atoms with Gasteiger partial charge in [-0.25, -0.2) is 4.98 Å². The molecule has 25 heavy (non-hydrogen) atoms. The molecular weight excluding hydrogens is 342 g/mol. The third-order valence-electron chi connectivity index (χ3n) is 4.54. The zero-order chi connectivity index (χ0) is 17.6. The van der Waals surface area contributed by atoms with E-state index in [-0.39, 0.29) is 11.9 Å². The molecule has 1 aliphatic rings. The number of anilines is 1. The zero-order valence-electron chi connectivity index (χ0n) is 13.7. The number of phenolic OH excluding ortho intramolecular Hbond substituents is 1. The first-order valence-corrected chi connectivity index (χ1v) is 8.56. The van der Waals surface area contributed by atoms with Crippen molar-refractivity contribution in [3.05, 3.63) is 34.9 Å². The van der Waals surface area contributed by atoms with Crippen LogP contribution in [-0.4, -0.2) is 32.8 Å². The Balaban J connectivity index is 1.60. The minimum Gasteiger partial charge on any atom is -0.507 e. The first-order valence-electron chi connectivity index (χ1n) is 8.18. The molecule has 2 aromatic heterocycles. The van der Waals surface area contributed by atoms with E-state index in [1.54, 1.807) is 18.2 Å². The Morgan fingerprint density at radius 1 is 1.28 bits per heavy atom. The molecule has 7 heteroatoms. The van der Waals surface area contributed by atoms with Crippen molar-refractivity contribution >= 4 is 28.8 Å². The maximum absolute atomic E-state index is 10.2. The van der Waals surface area contributed by atoms with Crippen LogP contribution in [0.25, 0.3) is 22.5 Å². The summed E-state index contributed by atoms with van der Waals surface area (Å²) >= 11 is 5.96. The Bertz CT molecular complexity index is 911. The van der Waals surface area contributed by atoms with Crippen LogP contribution < -0.4 is 5.32 Å². The number of aliphatic hydroxyl groups excluding tert-OH is 1. The summed E-state index contributed by atoms with van der Waals surface area (Å²) in [6, 6.07) is 7.27. The van der Waals surface area contributed by atoms with Gasteiger partial charge in [0.1, 0.15) is 5.75 Å². The molecule has 4 rings (SSSR count). The van der Waals surface area contributed by atoms with Crippen molar-refractivity contribution in [1.82, 2.24) is 9.97 Å². The van der Waals surface area contributed by atoms with Gasteiger partial charge in [0.15, 0.2) is 5.58 Å². The Hall–Kier alpha value is -2.31. The van der Waals surface area contributed by atoms with E-state index in [2.05, 4.69) is 15.3 Å². The molecule has 2 heterocycles. The number of rotatable bonds is 4. The highest BCUT2D eigenvalue weighted by molar-refractivity contribution is 6.31. The molecule has 3 N–H and O–H groups in total. The van der Waals surface area contributed by atoms with Gasteiger partial charge in [0.2, 0.25) is 5.65 Å². The molecule has 0 saturated heterocycles. The summed E-state index contributed by atoms with van der Waals surface area (Å²) < 4.78 is 5.65. The van der Waals surface area contributed by atoms with Crippen LogP contribution in [0.2, 0.25) is 5.02 Å². The maximum atomic E-state index is 10.2. The van der Waals surface area contributed by atoms with Gasteiger partial charge in [-0.05, 0) is 55.5 Å². The first-order chi connectivity index (χ1) is 12.0. The number of nitrogens with zero attached hydrogens (tertiary/aromatic N) is 2. The molecule has 0 aliphatic heterocycles. The first kappa shape index (κ1) is 16.2. The van der Waals surface area contributed by atoms with Gasteiger partial charge in [0.25, 0.3) is 6.01 Å². The summed E-state index contributed by atoms with van der Waals surface area (Å²) in [5.41, 5.74) is 3.13. The number of aromatic nitrogens is 2. The lowest BCUT2D eigenvalue weighted by Crippen LogP contribution is -2.33. The Morgan fingerprint density at radius 3 is 2.80 bits per heavy atom. The van der Waals surface area contributed by atoms with Crippen molar-refractivity contribution in [2.75, 3.05) is 11.9 Å². The summed E-state index contributed by atoms with van der Waals surface area (Å²) in [7, 11) is 0. The van der Waals surface area contributed by atoms with Crippen molar-refractivity contribution < 1.29 is 14.6 Å². The van der Waals surface area contributed by atoms with Crippen molar-refractivity contribution in [1.29, 1.82) is 0 Å². The minimum absolute atomic E-state index is 0.0854. The van der Waals surface area contributed by atoms with Gasteiger partial charge in [-0.2, -0.15) is 4.98 Å². The maximum Gasteiger partial charge on any atom is 0.297 e.